The molecule has 1 atom stereocenters. The van der Waals surface area contributed by atoms with Crippen molar-refractivity contribution in [3.63, 3.8) is 0 Å². The monoisotopic (exact) mass is 855 g/mol. The first kappa shape index (κ1) is 58.4. The van der Waals surface area contributed by atoms with Crippen LogP contribution in [-0.2, 0) is 28.6 Å². The molecule has 0 radical (unpaired) electrons. The molecule has 0 N–H and O–H groups in total. The Morgan fingerprint density at radius 2 is 0.639 bits per heavy atom. The van der Waals surface area contributed by atoms with Gasteiger partial charge in [0.1, 0.15) is 13.2 Å². The van der Waals surface area contributed by atoms with E-state index in [-0.39, 0.29) is 31.1 Å². The van der Waals surface area contributed by atoms with Gasteiger partial charge in [-0.1, -0.05) is 236 Å². The van der Waals surface area contributed by atoms with Crippen LogP contribution in [-0.4, -0.2) is 37.2 Å². The summed E-state index contributed by atoms with van der Waals surface area (Å²) in [5.74, 6) is -0.874. The molecule has 354 valence electrons. The number of unbranched alkanes of at least 4 members (excludes halogenated alkanes) is 28. The van der Waals surface area contributed by atoms with Crippen molar-refractivity contribution in [3.05, 3.63) is 48.6 Å². The van der Waals surface area contributed by atoms with Crippen molar-refractivity contribution in [3.8, 4) is 0 Å². The Kier molecular flexibility index (Phi) is 47.9. The Morgan fingerprint density at radius 3 is 1.00 bits per heavy atom. The minimum absolute atomic E-state index is 0.0721. The molecular formula is C55H98O6. The zero-order valence-electron chi connectivity index (χ0n) is 40.4. The topological polar surface area (TPSA) is 78.9 Å². The first-order chi connectivity index (χ1) is 30.0. The molecule has 1 unspecified atom stereocenters. The number of hydrogen-bond acceptors (Lipinski definition) is 6. The summed E-state index contributed by atoms with van der Waals surface area (Å²) in [6.45, 7) is 6.51. The molecule has 0 aliphatic carbocycles. The SMILES string of the molecule is CC/C=C\C/C=C\C/C=C\C/C=C\CCCCCCCCCCC(=O)OCC(COC(=O)CCCCCCCCCCC)OC(=O)CCCCCCCCCCCCCCC. The average molecular weight is 855 g/mol. The zero-order valence-corrected chi connectivity index (χ0v) is 40.4. The van der Waals surface area contributed by atoms with Gasteiger partial charge < -0.3 is 14.2 Å². The van der Waals surface area contributed by atoms with Gasteiger partial charge in [-0.05, 0) is 57.8 Å². The maximum atomic E-state index is 12.8. The van der Waals surface area contributed by atoms with Gasteiger partial charge in [0.15, 0.2) is 6.10 Å². The van der Waals surface area contributed by atoms with Gasteiger partial charge in [-0.25, -0.2) is 0 Å². The van der Waals surface area contributed by atoms with Crippen LogP contribution in [0.15, 0.2) is 48.6 Å². The molecule has 0 aromatic heterocycles. The third kappa shape index (κ3) is 48.3. The lowest BCUT2D eigenvalue weighted by molar-refractivity contribution is -0.167. The van der Waals surface area contributed by atoms with E-state index in [9.17, 15) is 14.4 Å². The molecule has 6 heteroatoms. The molecule has 0 aliphatic heterocycles. The first-order valence-corrected chi connectivity index (χ1v) is 26.1. The van der Waals surface area contributed by atoms with E-state index in [1.807, 2.05) is 0 Å². The van der Waals surface area contributed by atoms with Crippen LogP contribution in [0.5, 0.6) is 0 Å². The molecular weight excluding hydrogens is 757 g/mol. The number of carbonyl (C=O) groups is 3. The van der Waals surface area contributed by atoms with Crippen molar-refractivity contribution in [2.24, 2.45) is 0 Å². The van der Waals surface area contributed by atoms with E-state index in [4.69, 9.17) is 14.2 Å². The lowest BCUT2D eigenvalue weighted by atomic mass is 10.0. The third-order valence-corrected chi connectivity index (χ3v) is 11.3. The third-order valence-electron chi connectivity index (χ3n) is 11.3. The zero-order chi connectivity index (χ0) is 44.4. The molecule has 61 heavy (non-hydrogen) atoms. The van der Waals surface area contributed by atoms with Crippen molar-refractivity contribution >= 4 is 17.9 Å². The van der Waals surface area contributed by atoms with Gasteiger partial charge in [0, 0.05) is 19.3 Å². The van der Waals surface area contributed by atoms with E-state index in [2.05, 4.69) is 69.4 Å². The predicted molar refractivity (Wildman–Crippen MR) is 261 cm³/mol. The maximum absolute atomic E-state index is 12.8. The van der Waals surface area contributed by atoms with Crippen molar-refractivity contribution in [1.82, 2.24) is 0 Å². The molecule has 0 fully saturated rings. The second-order valence-electron chi connectivity index (χ2n) is 17.4. The largest absolute Gasteiger partial charge is 0.462 e. The van der Waals surface area contributed by atoms with E-state index in [1.54, 1.807) is 0 Å². The van der Waals surface area contributed by atoms with Gasteiger partial charge in [-0.2, -0.15) is 0 Å². The Morgan fingerprint density at radius 1 is 0.344 bits per heavy atom. The highest BCUT2D eigenvalue weighted by Gasteiger charge is 2.19. The molecule has 0 aliphatic rings. The Hall–Kier alpha value is -2.63. The quantitative estimate of drug-likeness (QED) is 0.0263. The Labute approximate surface area is 378 Å². The number of esters is 3. The molecule has 0 spiro atoms. The molecule has 0 amide bonds. The molecule has 0 bridgehead atoms. The van der Waals surface area contributed by atoms with E-state index in [1.165, 1.54) is 135 Å². The summed E-state index contributed by atoms with van der Waals surface area (Å²) in [4.78, 5) is 37.9. The molecule has 0 rings (SSSR count). The van der Waals surface area contributed by atoms with Gasteiger partial charge in [0.05, 0.1) is 0 Å². The second-order valence-corrected chi connectivity index (χ2v) is 17.4. The number of allylic oxidation sites excluding steroid dienone is 8. The average Bonchev–Trinajstić information content (AvgIpc) is 3.26. The van der Waals surface area contributed by atoms with Crippen molar-refractivity contribution in [2.75, 3.05) is 13.2 Å². The van der Waals surface area contributed by atoms with Crippen LogP contribution in [0, 0.1) is 0 Å². The highest BCUT2D eigenvalue weighted by atomic mass is 16.6. The molecule has 0 saturated heterocycles. The van der Waals surface area contributed by atoms with Crippen molar-refractivity contribution in [2.45, 2.75) is 271 Å². The highest BCUT2D eigenvalue weighted by molar-refractivity contribution is 5.71. The summed E-state index contributed by atoms with van der Waals surface area (Å²) in [5, 5.41) is 0. The smallest absolute Gasteiger partial charge is 0.306 e. The Bertz CT molecular complexity index is 1070. The van der Waals surface area contributed by atoms with Crippen LogP contribution in [0.3, 0.4) is 0 Å². The van der Waals surface area contributed by atoms with Crippen LogP contribution in [0.4, 0.5) is 0 Å². The fourth-order valence-electron chi connectivity index (χ4n) is 7.43. The summed E-state index contributed by atoms with van der Waals surface area (Å²) >= 11 is 0. The molecule has 0 aromatic rings. The van der Waals surface area contributed by atoms with Gasteiger partial charge in [0.25, 0.3) is 0 Å². The predicted octanol–water partition coefficient (Wildman–Crippen LogP) is 17.1. The van der Waals surface area contributed by atoms with Gasteiger partial charge in [-0.15, -0.1) is 0 Å². The number of ether oxygens (including phenoxy) is 3. The van der Waals surface area contributed by atoms with Crippen LogP contribution >= 0.6 is 0 Å². The first-order valence-electron chi connectivity index (χ1n) is 26.1. The summed E-state index contributed by atoms with van der Waals surface area (Å²) < 4.78 is 16.8. The molecule has 0 saturated carbocycles. The van der Waals surface area contributed by atoms with Crippen LogP contribution in [0.2, 0.25) is 0 Å². The van der Waals surface area contributed by atoms with Gasteiger partial charge >= 0.3 is 17.9 Å². The standard InChI is InChI=1S/C55H98O6/c1-4-7-10-13-16-19-21-23-24-25-26-27-28-29-30-32-33-36-39-42-45-48-54(57)60-51-52(50-59-53(56)47-44-41-38-35-18-15-12-9-6-3)61-55(58)49-46-43-40-37-34-31-22-20-17-14-11-8-5-2/h7,10,16,19,23-24,26-27,52H,4-6,8-9,11-15,17-18,20-22,25,28-51H2,1-3H3/b10-7-,19-16-,24-23-,27-26-. The molecule has 6 nitrogen and oxygen atoms in total. The van der Waals surface area contributed by atoms with Crippen LogP contribution in [0.1, 0.15) is 265 Å². The Balaban J connectivity index is 4.27. The summed E-state index contributed by atoms with van der Waals surface area (Å²) in [6.07, 6.45) is 59.5. The van der Waals surface area contributed by atoms with Gasteiger partial charge in [0.2, 0.25) is 0 Å². The lowest BCUT2D eigenvalue weighted by Crippen LogP contribution is -2.30. The molecule has 0 heterocycles. The summed E-state index contributed by atoms with van der Waals surface area (Å²) in [6, 6.07) is 0. The fraction of sp³-hybridized carbons (Fsp3) is 0.800. The highest BCUT2D eigenvalue weighted by Crippen LogP contribution is 2.15. The maximum Gasteiger partial charge on any atom is 0.306 e. The minimum atomic E-state index is -0.770. The number of hydrogen-bond donors (Lipinski definition) is 0. The normalized spacial score (nSPS) is 12.4. The van der Waals surface area contributed by atoms with Gasteiger partial charge in [-0.3, -0.25) is 14.4 Å². The summed E-state index contributed by atoms with van der Waals surface area (Å²) in [7, 11) is 0. The van der Waals surface area contributed by atoms with E-state index < -0.39 is 6.10 Å². The van der Waals surface area contributed by atoms with Crippen molar-refractivity contribution < 1.29 is 28.6 Å². The second kappa shape index (κ2) is 50.0. The molecule has 0 aromatic carbocycles. The van der Waals surface area contributed by atoms with E-state index in [0.29, 0.717) is 19.3 Å². The van der Waals surface area contributed by atoms with Crippen LogP contribution < -0.4 is 0 Å². The lowest BCUT2D eigenvalue weighted by Gasteiger charge is -2.18. The van der Waals surface area contributed by atoms with Crippen LogP contribution in [0.25, 0.3) is 0 Å². The minimum Gasteiger partial charge on any atom is -0.462 e. The fourth-order valence-corrected chi connectivity index (χ4v) is 7.43. The number of rotatable bonds is 47. The van der Waals surface area contributed by atoms with Crippen molar-refractivity contribution in [1.29, 1.82) is 0 Å². The summed E-state index contributed by atoms with van der Waals surface area (Å²) in [5.41, 5.74) is 0. The van der Waals surface area contributed by atoms with E-state index >= 15 is 0 Å². The number of carbonyl (C=O) groups excluding carboxylic acids is 3. The van der Waals surface area contributed by atoms with E-state index in [0.717, 1.165) is 89.9 Å².